The molecule has 0 spiro atoms. The third kappa shape index (κ3) is 3.96. The Morgan fingerprint density at radius 3 is 2.61 bits per heavy atom. The molecule has 0 radical (unpaired) electrons. The molecule has 4 heteroatoms. The number of fused-ring (bicyclic) bond motifs is 2. The van der Waals surface area contributed by atoms with Crippen LogP contribution >= 0.6 is 0 Å². The van der Waals surface area contributed by atoms with Gasteiger partial charge in [0.2, 0.25) is 0 Å². The smallest absolute Gasteiger partial charge is 0.333 e. The molecular weight excluding hydrogens is 292 g/mol. The normalized spacial score (nSPS) is 35.3. The maximum absolute atomic E-state index is 11.7. The van der Waals surface area contributed by atoms with Gasteiger partial charge in [-0.05, 0) is 50.4 Å². The number of hydrogen-bond acceptors (Lipinski definition) is 4. The van der Waals surface area contributed by atoms with Crippen molar-refractivity contribution in [2.75, 3.05) is 6.61 Å². The van der Waals surface area contributed by atoms with Crippen LogP contribution < -0.4 is 0 Å². The number of cyclic esters (lactones) is 1. The fraction of sp³-hybridized carbons (Fsp3) is 0.789. The van der Waals surface area contributed by atoms with Gasteiger partial charge in [0.25, 0.3) is 0 Å². The predicted molar refractivity (Wildman–Crippen MR) is 86.5 cm³/mol. The van der Waals surface area contributed by atoms with Crippen LogP contribution in [-0.2, 0) is 19.1 Å². The highest BCUT2D eigenvalue weighted by molar-refractivity contribution is 5.87. The van der Waals surface area contributed by atoms with Crippen LogP contribution in [0.1, 0.15) is 58.3 Å². The predicted octanol–water partition coefficient (Wildman–Crippen LogP) is 3.64. The third-order valence-electron chi connectivity index (χ3n) is 5.92. The highest BCUT2D eigenvalue weighted by Crippen LogP contribution is 2.51. The van der Waals surface area contributed by atoms with E-state index in [2.05, 4.69) is 6.58 Å². The van der Waals surface area contributed by atoms with Crippen LogP contribution in [0, 0.1) is 23.7 Å². The van der Waals surface area contributed by atoms with Crippen molar-refractivity contribution < 1.29 is 19.1 Å². The molecule has 1 heterocycles. The van der Waals surface area contributed by atoms with Gasteiger partial charge in [-0.2, -0.15) is 0 Å². The van der Waals surface area contributed by atoms with Crippen LogP contribution in [0.25, 0.3) is 0 Å². The molecule has 1 aliphatic heterocycles. The van der Waals surface area contributed by atoms with E-state index in [0.29, 0.717) is 30.4 Å². The zero-order chi connectivity index (χ0) is 16.4. The van der Waals surface area contributed by atoms with Gasteiger partial charge in [0.1, 0.15) is 6.10 Å². The summed E-state index contributed by atoms with van der Waals surface area (Å²) in [5.41, 5.74) is 0.499. The molecule has 2 bridgehead atoms. The summed E-state index contributed by atoms with van der Waals surface area (Å²) in [4.78, 5) is 22.7. The molecule has 0 aromatic rings. The van der Waals surface area contributed by atoms with Crippen molar-refractivity contribution >= 4 is 11.9 Å². The summed E-state index contributed by atoms with van der Waals surface area (Å²) in [5, 5.41) is 0. The van der Waals surface area contributed by atoms with Crippen LogP contribution in [0.2, 0.25) is 0 Å². The molecule has 3 aliphatic rings. The van der Waals surface area contributed by atoms with E-state index in [1.54, 1.807) is 6.92 Å². The molecule has 5 atom stereocenters. The largest absolute Gasteiger partial charge is 0.465 e. The van der Waals surface area contributed by atoms with E-state index in [1.807, 2.05) is 0 Å². The van der Waals surface area contributed by atoms with Crippen LogP contribution in [0.4, 0.5) is 0 Å². The summed E-state index contributed by atoms with van der Waals surface area (Å²) in [6, 6.07) is 0. The van der Waals surface area contributed by atoms with Gasteiger partial charge in [-0.25, -0.2) is 4.79 Å². The van der Waals surface area contributed by atoms with E-state index >= 15 is 0 Å². The highest BCUT2D eigenvalue weighted by atomic mass is 16.5. The molecule has 23 heavy (non-hydrogen) atoms. The summed E-state index contributed by atoms with van der Waals surface area (Å²) in [7, 11) is 0. The number of carbonyl (C=O) groups excluding carboxylic acids is 2. The lowest BCUT2D eigenvalue weighted by Gasteiger charge is -2.28. The van der Waals surface area contributed by atoms with Gasteiger partial charge in [-0.15, -0.1) is 0 Å². The van der Waals surface area contributed by atoms with Crippen molar-refractivity contribution in [3.05, 3.63) is 12.2 Å². The van der Waals surface area contributed by atoms with E-state index in [1.165, 1.54) is 32.1 Å². The zero-order valence-corrected chi connectivity index (χ0v) is 14.1. The summed E-state index contributed by atoms with van der Waals surface area (Å²) in [5.74, 6) is 2.30. The van der Waals surface area contributed by atoms with E-state index < -0.39 is 0 Å². The summed E-state index contributed by atoms with van der Waals surface area (Å²) < 4.78 is 10.6. The first-order valence-corrected chi connectivity index (χ1v) is 9.05. The number of ether oxygens (including phenoxy) is 2. The molecule has 0 aromatic heterocycles. The molecule has 0 N–H and O–H groups in total. The second-order valence-corrected chi connectivity index (χ2v) is 7.75. The van der Waals surface area contributed by atoms with Gasteiger partial charge in [-0.1, -0.05) is 25.8 Å². The average Bonchev–Trinajstić information content (AvgIpc) is 3.19. The second-order valence-electron chi connectivity index (χ2n) is 7.75. The number of hydrogen-bond donors (Lipinski definition) is 0. The third-order valence-corrected chi connectivity index (χ3v) is 5.92. The first-order chi connectivity index (χ1) is 11.0. The molecule has 5 unspecified atom stereocenters. The second kappa shape index (κ2) is 7.06. The summed E-state index contributed by atoms with van der Waals surface area (Å²) in [6.07, 6.45) is 9.06. The number of carbonyl (C=O) groups is 2. The fourth-order valence-electron chi connectivity index (χ4n) is 4.67. The van der Waals surface area contributed by atoms with Crippen molar-refractivity contribution in [1.82, 2.24) is 0 Å². The highest BCUT2D eigenvalue weighted by Gasteiger charge is 2.47. The van der Waals surface area contributed by atoms with Gasteiger partial charge in [0.15, 0.2) is 0 Å². The lowest BCUT2D eigenvalue weighted by Crippen LogP contribution is -2.27. The minimum atomic E-state index is -0.229. The van der Waals surface area contributed by atoms with Gasteiger partial charge >= 0.3 is 11.9 Å². The quantitative estimate of drug-likeness (QED) is 0.408. The Morgan fingerprint density at radius 2 is 2.00 bits per heavy atom. The molecule has 4 nitrogen and oxygen atoms in total. The molecule has 0 aromatic carbocycles. The molecule has 2 saturated carbocycles. The SMILES string of the molecule is C=C(C)C(=O)OC1CC2CC1CC2CCCCC1COC(=O)C1. The molecule has 3 rings (SSSR count). The summed E-state index contributed by atoms with van der Waals surface area (Å²) in [6.45, 7) is 5.99. The first kappa shape index (κ1) is 16.5. The van der Waals surface area contributed by atoms with E-state index in [9.17, 15) is 9.59 Å². The Bertz CT molecular complexity index is 484. The van der Waals surface area contributed by atoms with Crippen molar-refractivity contribution in [3.8, 4) is 0 Å². The number of esters is 2. The topological polar surface area (TPSA) is 52.6 Å². The Labute approximate surface area is 138 Å². The minimum absolute atomic E-state index is 0.0292. The standard InChI is InChI=1S/C19H28O4/c1-12(2)19(21)23-17-10-15-9-16(17)8-14(15)6-4-3-5-13-7-18(20)22-11-13/h13-17H,1,3-11H2,2H3. The molecule has 2 aliphatic carbocycles. The van der Waals surface area contributed by atoms with E-state index in [4.69, 9.17) is 9.47 Å². The molecular formula is C19H28O4. The Morgan fingerprint density at radius 1 is 1.22 bits per heavy atom. The van der Waals surface area contributed by atoms with Gasteiger partial charge in [0.05, 0.1) is 13.0 Å². The lowest BCUT2D eigenvalue weighted by molar-refractivity contribution is -0.147. The van der Waals surface area contributed by atoms with Crippen LogP contribution in [-0.4, -0.2) is 24.6 Å². The van der Waals surface area contributed by atoms with Crippen LogP contribution in [0.3, 0.4) is 0 Å². The van der Waals surface area contributed by atoms with E-state index in [-0.39, 0.29) is 18.0 Å². The first-order valence-electron chi connectivity index (χ1n) is 9.05. The Hall–Kier alpha value is -1.32. The lowest BCUT2D eigenvalue weighted by atomic mass is 9.83. The molecule has 128 valence electrons. The average molecular weight is 320 g/mol. The van der Waals surface area contributed by atoms with Gasteiger partial charge < -0.3 is 9.47 Å². The van der Waals surface area contributed by atoms with Gasteiger partial charge in [0, 0.05) is 11.5 Å². The van der Waals surface area contributed by atoms with E-state index in [0.717, 1.165) is 24.7 Å². The zero-order valence-electron chi connectivity index (χ0n) is 14.1. The van der Waals surface area contributed by atoms with Crippen molar-refractivity contribution in [1.29, 1.82) is 0 Å². The monoisotopic (exact) mass is 320 g/mol. The maximum Gasteiger partial charge on any atom is 0.333 e. The number of unbranched alkanes of at least 4 members (excludes halogenated alkanes) is 1. The maximum atomic E-state index is 11.7. The molecule has 0 amide bonds. The number of rotatable bonds is 7. The van der Waals surface area contributed by atoms with Crippen LogP contribution in [0.15, 0.2) is 12.2 Å². The minimum Gasteiger partial charge on any atom is -0.465 e. The van der Waals surface area contributed by atoms with Crippen molar-refractivity contribution in [2.24, 2.45) is 23.7 Å². The van der Waals surface area contributed by atoms with Gasteiger partial charge in [-0.3, -0.25) is 4.79 Å². The van der Waals surface area contributed by atoms with Crippen molar-refractivity contribution in [3.63, 3.8) is 0 Å². The summed E-state index contributed by atoms with van der Waals surface area (Å²) >= 11 is 0. The molecule has 3 fully saturated rings. The van der Waals surface area contributed by atoms with Crippen LogP contribution in [0.5, 0.6) is 0 Å². The molecule has 1 saturated heterocycles. The Kier molecular flexibility index (Phi) is 5.08. The fourth-order valence-corrected chi connectivity index (χ4v) is 4.67. The van der Waals surface area contributed by atoms with Crippen molar-refractivity contribution in [2.45, 2.75) is 64.4 Å². The Balaban J connectivity index is 1.33.